The van der Waals surface area contributed by atoms with Crippen molar-refractivity contribution in [2.24, 2.45) is 5.92 Å². The SMILES string of the molecule is COc1ccc(C)cc1COC(=O)[C@@H](C(C)C)N1C(=O)c2ccccc2C1=O. The van der Waals surface area contributed by atoms with E-state index in [1.165, 1.54) is 0 Å². The largest absolute Gasteiger partial charge is 0.496 e. The molecule has 0 saturated heterocycles. The zero-order valence-electron chi connectivity index (χ0n) is 16.4. The van der Waals surface area contributed by atoms with Crippen LogP contribution in [0.5, 0.6) is 5.75 Å². The first-order valence-electron chi connectivity index (χ1n) is 9.12. The van der Waals surface area contributed by atoms with E-state index >= 15 is 0 Å². The van der Waals surface area contributed by atoms with E-state index in [1.807, 2.05) is 25.1 Å². The summed E-state index contributed by atoms with van der Waals surface area (Å²) in [7, 11) is 1.55. The van der Waals surface area contributed by atoms with Gasteiger partial charge in [0.15, 0.2) is 0 Å². The number of amides is 2. The number of benzene rings is 2. The summed E-state index contributed by atoms with van der Waals surface area (Å²) in [4.78, 5) is 39.4. The van der Waals surface area contributed by atoms with E-state index in [0.29, 0.717) is 16.9 Å². The quantitative estimate of drug-likeness (QED) is 0.567. The van der Waals surface area contributed by atoms with Crippen LogP contribution in [-0.4, -0.2) is 35.8 Å². The second-order valence-electron chi connectivity index (χ2n) is 7.14. The first-order valence-corrected chi connectivity index (χ1v) is 9.12. The van der Waals surface area contributed by atoms with Crippen molar-refractivity contribution in [3.63, 3.8) is 0 Å². The summed E-state index contributed by atoms with van der Waals surface area (Å²) >= 11 is 0. The summed E-state index contributed by atoms with van der Waals surface area (Å²) in [6, 6.07) is 11.2. The first kappa shape index (κ1) is 19.6. The first-order chi connectivity index (χ1) is 13.3. The van der Waals surface area contributed by atoms with Crippen molar-refractivity contribution in [2.75, 3.05) is 7.11 Å². The molecule has 0 fully saturated rings. The molecule has 3 rings (SSSR count). The number of carbonyl (C=O) groups is 3. The minimum Gasteiger partial charge on any atom is -0.496 e. The molecular formula is C22H23NO5. The highest BCUT2D eigenvalue weighted by Crippen LogP contribution is 2.28. The zero-order chi connectivity index (χ0) is 20.4. The fraction of sp³-hybridized carbons (Fsp3) is 0.318. The Balaban J connectivity index is 1.82. The number of aryl methyl sites for hydroxylation is 1. The van der Waals surface area contributed by atoms with E-state index in [1.54, 1.807) is 45.2 Å². The van der Waals surface area contributed by atoms with Crippen LogP contribution in [0.3, 0.4) is 0 Å². The van der Waals surface area contributed by atoms with Crippen molar-refractivity contribution in [2.45, 2.75) is 33.4 Å². The molecule has 1 heterocycles. The standard InChI is InChI=1S/C22H23NO5/c1-13(2)19(23-20(24)16-7-5-6-8-17(16)21(23)25)22(26)28-12-15-11-14(3)9-10-18(15)27-4/h5-11,13,19H,12H2,1-4H3/t19-/m1/s1. The van der Waals surface area contributed by atoms with E-state index in [9.17, 15) is 14.4 Å². The lowest BCUT2D eigenvalue weighted by atomic mass is 10.0. The van der Waals surface area contributed by atoms with Crippen LogP contribution in [0.2, 0.25) is 0 Å². The third-order valence-electron chi connectivity index (χ3n) is 4.78. The van der Waals surface area contributed by atoms with Gasteiger partial charge >= 0.3 is 5.97 Å². The van der Waals surface area contributed by atoms with Gasteiger partial charge in [0.25, 0.3) is 11.8 Å². The normalized spacial score (nSPS) is 14.2. The van der Waals surface area contributed by atoms with Crippen molar-refractivity contribution in [1.82, 2.24) is 4.90 Å². The van der Waals surface area contributed by atoms with Crippen molar-refractivity contribution in [3.05, 3.63) is 64.7 Å². The summed E-state index contributed by atoms with van der Waals surface area (Å²) in [6.45, 7) is 5.49. The second kappa shape index (κ2) is 7.84. The molecule has 0 bridgehead atoms. The summed E-state index contributed by atoms with van der Waals surface area (Å²) in [6.07, 6.45) is 0. The smallest absolute Gasteiger partial charge is 0.329 e. The second-order valence-corrected chi connectivity index (χ2v) is 7.14. The van der Waals surface area contributed by atoms with Gasteiger partial charge in [0, 0.05) is 5.56 Å². The number of imide groups is 1. The van der Waals surface area contributed by atoms with Gasteiger partial charge in [0.05, 0.1) is 18.2 Å². The Bertz CT molecular complexity index is 899. The van der Waals surface area contributed by atoms with Gasteiger partial charge in [-0.2, -0.15) is 0 Å². The van der Waals surface area contributed by atoms with Crippen molar-refractivity contribution in [1.29, 1.82) is 0 Å². The highest BCUT2D eigenvalue weighted by atomic mass is 16.5. The monoisotopic (exact) mass is 381 g/mol. The lowest BCUT2D eigenvalue weighted by Crippen LogP contribution is -2.48. The number of methoxy groups -OCH3 is 1. The minimum absolute atomic E-state index is 0.00389. The van der Waals surface area contributed by atoms with E-state index in [2.05, 4.69) is 0 Å². The molecule has 0 N–H and O–H groups in total. The van der Waals surface area contributed by atoms with Crippen LogP contribution in [0.4, 0.5) is 0 Å². The highest BCUT2D eigenvalue weighted by Gasteiger charge is 2.44. The van der Waals surface area contributed by atoms with Gasteiger partial charge in [0.1, 0.15) is 18.4 Å². The molecule has 2 aromatic rings. The van der Waals surface area contributed by atoms with E-state index in [4.69, 9.17) is 9.47 Å². The van der Waals surface area contributed by atoms with Crippen LogP contribution >= 0.6 is 0 Å². The maximum Gasteiger partial charge on any atom is 0.329 e. The Kier molecular flexibility index (Phi) is 5.49. The van der Waals surface area contributed by atoms with Crippen LogP contribution in [0.1, 0.15) is 45.7 Å². The molecule has 28 heavy (non-hydrogen) atoms. The molecule has 6 nitrogen and oxygen atoms in total. The number of hydrogen-bond acceptors (Lipinski definition) is 5. The molecule has 1 atom stereocenters. The average Bonchev–Trinajstić information content (AvgIpc) is 2.92. The number of fused-ring (bicyclic) bond motifs is 1. The van der Waals surface area contributed by atoms with E-state index in [-0.39, 0.29) is 12.5 Å². The lowest BCUT2D eigenvalue weighted by molar-refractivity contribution is -0.151. The fourth-order valence-electron chi connectivity index (χ4n) is 3.39. The maximum atomic E-state index is 12.9. The van der Waals surface area contributed by atoms with Crippen LogP contribution in [0.15, 0.2) is 42.5 Å². The molecule has 146 valence electrons. The number of esters is 1. The Hall–Kier alpha value is -3.15. The van der Waals surface area contributed by atoms with Crippen molar-refractivity contribution < 1.29 is 23.9 Å². The summed E-state index contributed by atoms with van der Waals surface area (Å²) in [5.74, 6) is -1.24. The molecule has 0 unspecified atom stereocenters. The molecule has 0 aromatic heterocycles. The number of rotatable bonds is 6. The maximum absolute atomic E-state index is 12.9. The molecule has 1 aliphatic rings. The Morgan fingerprint density at radius 3 is 2.18 bits per heavy atom. The van der Waals surface area contributed by atoms with Crippen molar-refractivity contribution in [3.8, 4) is 5.75 Å². The van der Waals surface area contributed by atoms with Gasteiger partial charge in [-0.15, -0.1) is 0 Å². The van der Waals surface area contributed by atoms with E-state index in [0.717, 1.165) is 16.0 Å². The number of ether oxygens (including phenoxy) is 2. The van der Waals surface area contributed by atoms with Crippen LogP contribution in [0, 0.1) is 12.8 Å². The van der Waals surface area contributed by atoms with Gasteiger partial charge in [-0.3, -0.25) is 14.5 Å². The predicted octanol–water partition coefficient (Wildman–Crippen LogP) is 3.37. The number of carbonyl (C=O) groups excluding carboxylic acids is 3. The third-order valence-corrected chi connectivity index (χ3v) is 4.78. The topological polar surface area (TPSA) is 72.9 Å². The molecule has 0 spiro atoms. The fourth-order valence-corrected chi connectivity index (χ4v) is 3.39. The van der Waals surface area contributed by atoms with E-state index < -0.39 is 23.8 Å². The van der Waals surface area contributed by atoms with Gasteiger partial charge < -0.3 is 9.47 Å². The summed E-state index contributed by atoms with van der Waals surface area (Å²) in [5, 5.41) is 0. The molecular weight excluding hydrogens is 358 g/mol. The van der Waals surface area contributed by atoms with Gasteiger partial charge in [-0.05, 0) is 37.1 Å². The number of hydrogen-bond donors (Lipinski definition) is 0. The van der Waals surface area contributed by atoms with Gasteiger partial charge in [0.2, 0.25) is 0 Å². The Morgan fingerprint density at radius 1 is 1.04 bits per heavy atom. The molecule has 1 aliphatic heterocycles. The minimum atomic E-state index is -0.997. The molecule has 0 radical (unpaired) electrons. The Morgan fingerprint density at radius 2 is 1.64 bits per heavy atom. The van der Waals surface area contributed by atoms with Crippen molar-refractivity contribution >= 4 is 17.8 Å². The third kappa shape index (κ3) is 3.50. The molecule has 2 amide bonds. The molecule has 0 saturated carbocycles. The number of nitrogens with zero attached hydrogens (tertiary/aromatic N) is 1. The molecule has 2 aromatic carbocycles. The summed E-state index contributed by atoms with van der Waals surface area (Å²) < 4.78 is 10.8. The van der Waals surface area contributed by atoms with Crippen LogP contribution in [-0.2, 0) is 16.1 Å². The lowest BCUT2D eigenvalue weighted by Gasteiger charge is -2.27. The molecule has 6 heteroatoms. The average molecular weight is 381 g/mol. The predicted molar refractivity (Wildman–Crippen MR) is 103 cm³/mol. The van der Waals surface area contributed by atoms with Gasteiger partial charge in [-0.25, -0.2) is 4.79 Å². The van der Waals surface area contributed by atoms with Gasteiger partial charge in [-0.1, -0.05) is 37.6 Å². The Labute approximate surface area is 164 Å². The highest BCUT2D eigenvalue weighted by molar-refractivity contribution is 6.22. The van der Waals surface area contributed by atoms with Crippen LogP contribution < -0.4 is 4.74 Å². The molecule has 0 aliphatic carbocycles. The zero-order valence-corrected chi connectivity index (χ0v) is 16.4. The van der Waals surface area contributed by atoms with Crippen LogP contribution in [0.25, 0.3) is 0 Å². The summed E-state index contributed by atoms with van der Waals surface area (Å²) in [5.41, 5.74) is 2.35.